The molecule has 1 fully saturated rings. The Balaban J connectivity index is 2.02. The summed E-state index contributed by atoms with van der Waals surface area (Å²) in [5.74, 6) is -1.21. The van der Waals surface area contributed by atoms with Crippen LogP contribution in [0.15, 0.2) is 30.3 Å². The van der Waals surface area contributed by atoms with Crippen LogP contribution in [0.5, 0.6) is 0 Å². The molecule has 21 heavy (non-hydrogen) atoms. The molecule has 1 saturated carbocycles. The Morgan fingerprint density at radius 3 is 2.29 bits per heavy atom. The van der Waals surface area contributed by atoms with Crippen molar-refractivity contribution in [2.45, 2.75) is 30.7 Å². The quantitative estimate of drug-likeness (QED) is 0.836. The van der Waals surface area contributed by atoms with Gasteiger partial charge in [-0.3, -0.25) is 4.79 Å². The molecule has 0 saturated heterocycles. The van der Waals surface area contributed by atoms with Gasteiger partial charge in [-0.1, -0.05) is 30.3 Å². The lowest BCUT2D eigenvalue weighted by molar-refractivity contribution is -0.139. The third-order valence-corrected chi connectivity index (χ3v) is 4.79. The van der Waals surface area contributed by atoms with Gasteiger partial charge >= 0.3 is 5.97 Å². The van der Waals surface area contributed by atoms with Gasteiger partial charge in [0.05, 0.1) is 5.92 Å². The topological polar surface area (TPSA) is 43.8 Å². The van der Waals surface area contributed by atoms with E-state index in [0.717, 1.165) is 12.1 Å². The maximum Gasteiger partial charge on any atom is 0.312 e. The van der Waals surface area contributed by atoms with E-state index in [1.54, 1.807) is 0 Å². The molecular formula is C17H26N2O2. The average molecular weight is 290 g/mol. The molecule has 1 aromatic rings. The summed E-state index contributed by atoms with van der Waals surface area (Å²) in [6.45, 7) is 1.48. The molecule has 1 unspecified atom stereocenters. The molecule has 0 heterocycles. The fourth-order valence-corrected chi connectivity index (χ4v) is 3.22. The number of hydrogen-bond acceptors (Lipinski definition) is 3. The van der Waals surface area contributed by atoms with E-state index in [2.05, 4.69) is 23.9 Å². The maximum absolute atomic E-state index is 11.6. The van der Waals surface area contributed by atoms with Crippen LogP contribution in [-0.2, 0) is 4.79 Å². The first-order valence-corrected chi connectivity index (χ1v) is 7.58. The van der Waals surface area contributed by atoms with Gasteiger partial charge in [-0.2, -0.15) is 0 Å². The van der Waals surface area contributed by atoms with Crippen LogP contribution in [0.1, 0.15) is 30.7 Å². The van der Waals surface area contributed by atoms with Gasteiger partial charge in [0, 0.05) is 18.6 Å². The number of carboxylic acids is 1. The van der Waals surface area contributed by atoms with Gasteiger partial charge in [0.2, 0.25) is 0 Å². The lowest BCUT2D eigenvalue weighted by Crippen LogP contribution is -2.57. The monoisotopic (exact) mass is 290 g/mol. The van der Waals surface area contributed by atoms with E-state index in [1.165, 1.54) is 19.3 Å². The Bertz CT molecular complexity index is 469. The summed E-state index contributed by atoms with van der Waals surface area (Å²) in [7, 11) is 6.28. The van der Waals surface area contributed by atoms with Crippen molar-refractivity contribution in [2.75, 3.05) is 34.2 Å². The Hall–Kier alpha value is -1.39. The maximum atomic E-state index is 11.6. The molecule has 4 heteroatoms. The largest absolute Gasteiger partial charge is 0.481 e. The lowest BCUT2D eigenvalue weighted by atomic mass is 9.75. The molecule has 0 spiro atoms. The zero-order valence-corrected chi connectivity index (χ0v) is 13.2. The molecule has 1 aliphatic carbocycles. The third-order valence-electron chi connectivity index (χ3n) is 4.79. The van der Waals surface area contributed by atoms with Gasteiger partial charge in [-0.05, 0) is 46.0 Å². The number of nitrogens with zero attached hydrogens (tertiary/aromatic N) is 2. The minimum absolute atomic E-state index is 0.231. The predicted octanol–water partition coefficient (Wildman–Crippen LogP) is 2.27. The number of aliphatic carboxylic acids is 1. The second kappa shape index (κ2) is 6.58. The van der Waals surface area contributed by atoms with Gasteiger partial charge in [0.25, 0.3) is 0 Å². The van der Waals surface area contributed by atoms with Gasteiger partial charge in [0.1, 0.15) is 0 Å². The second-order valence-corrected chi connectivity index (χ2v) is 6.47. The zero-order valence-electron chi connectivity index (χ0n) is 13.2. The molecule has 116 valence electrons. The number of carbonyl (C=O) groups is 1. The molecule has 0 bridgehead atoms. The molecule has 1 atom stereocenters. The SMILES string of the molecule is CN(CC(C(=O)O)c1ccccc1)CC1(N(C)C)CCC1. The smallest absolute Gasteiger partial charge is 0.312 e. The summed E-state index contributed by atoms with van der Waals surface area (Å²) < 4.78 is 0. The van der Waals surface area contributed by atoms with Gasteiger partial charge in [-0.15, -0.1) is 0 Å². The Morgan fingerprint density at radius 1 is 1.24 bits per heavy atom. The summed E-state index contributed by atoms with van der Waals surface area (Å²) in [4.78, 5) is 16.0. The van der Waals surface area contributed by atoms with Crippen LogP contribution >= 0.6 is 0 Å². The number of rotatable bonds is 7. The van der Waals surface area contributed by atoms with Crippen LogP contribution in [0.2, 0.25) is 0 Å². The van der Waals surface area contributed by atoms with Gasteiger partial charge < -0.3 is 14.9 Å². The summed E-state index contributed by atoms with van der Waals surface area (Å²) in [5.41, 5.74) is 1.11. The van der Waals surface area contributed by atoms with Gasteiger partial charge in [-0.25, -0.2) is 0 Å². The van der Waals surface area contributed by atoms with E-state index in [1.807, 2.05) is 37.4 Å². The van der Waals surface area contributed by atoms with Crippen LogP contribution in [-0.4, -0.2) is 60.6 Å². The molecule has 0 aromatic heterocycles. The van der Waals surface area contributed by atoms with Crippen LogP contribution < -0.4 is 0 Å². The van der Waals surface area contributed by atoms with Crippen molar-refractivity contribution >= 4 is 5.97 Å². The average Bonchev–Trinajstić information content (AvgIpc) is 2.40. The van der Waals surface area contributed by atoms with Crippen molar-refractivity contribution < 1.29 is 9.90 Å². The van der Waals surface area contributed by atoms with Crippen LogP contribution in [0.3, 0.4) is 0 Å². The Kier molecular flexibility index (Phi) is 5.01. The molecule has 0 aliphatic heterocycles. The summed E-state index contributed by atoms with van der Waals surface area (Å²) >= 11 is 0. The van der Waals surface area contributed by atoms with E-state index in [-0.39, 0.29) is 5.54 Å². The lowest BCUT2D eigenvalue weighted by Gasteiger charge is -2.49. The van der Waals surface area contributed by atoms with E-state index >= 15 is 0 Å². The van der Waals surface area contributed by atoms with E-state index in [9.17, 15) is 9.90 Å². The number of benzene rings is 1. The number of carboxylic acid groups (broad SMARTS) is 1. The summed E-state index contributed by atoms with van der Waals surface area (Å²) in [6.07, 6.45) is 3.67. The van der Waals surface area contributed by atoms with Crippen LogP contribution in [0.25, 0.3) is 0 Å². The van der Waals surface area contributed by atoms with Crippen LogP contribution in [0, 0.1) is 0 Å². The van der Waals surface area contributed by atoms with Crippen molar-refractivity contribution in [2.24, 2.45) is 0 Å². The van der Waals surface area contributed by atoms with E-state index < -0.39 is 11.9 Å². The first-order valence-electron chi connectivity index (χ1n) is 7.58. The fourth-order valence-electron chi connectivity index (χ4n) is 3.22. The van der Waals surface area contributed by atoms with Crippen molar-refractivity contribution in [3.05, 3.63) is 35.9 Å². The molecule has 0 radical (unpaired) electrons. The van der Waals surface area contributed by atoms with E-state index in [4.69, 9.17) is 0 Å². The molecule has 0 amide bonds. The highest BCUT2D eigenvalue weighted by Gasteiger charge is 2.40. The zero-order chi connectivity index (χ0) is 15.5. The van der Waals surface area contributed by atoms with Crippen molar-refractivity contribution in [3.63, 3.8) is 0 Å². The Morgan fingerprint density at radius 2 is 1.86 bits per heavy atom. The van der Waals surface area contributed by atoms with Crippen LogP contribution in [0.4, 0.5) is 0 Å². The van der Waals surface area contributed by atoms with Gasteiger partial charge in [0.15, 0.2) is 0 Å². The summed E-state index contributed by atoms with van der Waals surface area (Å²) in [5, 5.41) is 9.52. The number of likely N-dealkylation sites (N-methyl/N-ethyl adjacent to an activating group) is 2. The van der Waals surface area contributed by atoms with Crippen molar-refractivity contribution in [1.29, 1.82) is 0 Å². The van der Waals surface area contributed by atoms with Crippen molar-refractivity contribution in [3.8, 4) is 0 Å². The second-order valence-electron chi connectivity index (χ2n) is 6.47. The van der Waals surface area contributed by atoms with Crippen molar-refractivity contribution in [1.82, 2.24) is 9.80 Å². The predicted molar refractivity (Wildman–Crippen MR) is 84.6 cm³/mol. The minimum Gasteiger partial charge on any atom is -0.481 e. The molecule has 1 N–H and O–H groups in total. The van der Waals surface area contributed by atoms with E-state index in [0.29, 0.717) is 6.54 Å². The molecule has 4 nitrogen and oxygen atoms in total. The number of hydrogen-bond donors (Lipinski definition) is 1. The highest BCUT2D eigenvalue weighted by Crippen LogP contribution is 2.36. The molecule has 1 aliphatic rings. The fraction of sp³-hybridized carbons (Fsp3) is 0.588. The highest BCUT2D eigenvalue weighted by atomic mass is 16.4. The Labute approximate surface area is 127 Å². The highest BCUT2D eigenvalue weighted by molar-refractivity contribution is 5.76. The first-order chi connectivity index (χ1) is 9.94. The molecule has 1 aromatic carbocycles. The summed E-state index contributed by atoms with van der Waals surface area (Å²) in [6, 6.07) is 9.52. The molecular weight excluding hydrogens is 264 g/mol. The molecule has 2 rings (SSSR count). The standard InChI is InChI=1S/C17H26N2O2/c1-18(2)17(10-7-11-17)13-19(3)12-15(16(20)21)14-8-5-4-6-9-14/h4-6,8-9,15H,7,10-13H2,1-3H3,(H,20,21). The third kappa shape index (κ3) is 3.63. The minimum atomic E-state index is -0.749. The first kappa shape index (κ1) is 16.0. The normalized spacial score (nSPS) is 18.5.